The van der Waals surface area contributed by atoms with Crippen LogP contribution in [0.15, 0.2) is 0 Å². The average Bonchev–Trinajstić information content (AvgIpc) is 2.79. The van der Waals surface area contributed by atoms with Crippen molar-refractivity contribution >= 4 is 0 Å². The van der Waals surface area contributed by atoms with E-state index in [4.69, 9.17) is 0 Å². The van der Waals surface area contributed by atoms with Crippen LogP contribution in [0.3, 0.4) is 0 Å². The number of rotatable bonds is 4. The highest BCUT2D eigenvalue weighted by molar-refractivity contribution is 4.83. The van der Waals surface area contributed by atoms with Crippen LogP contribution in [0.25, 0.3) is 0 Å². The van der Waals surface area contributed by atoms with Crippen molar-refractivity contribution in [3.05, 3.63) is 0 Å². The van der Waals surface area contributed by atoms with Crippen LogP contribution in [0.5, 0.6) is 0 Å². The number of hydrogen-bond acceptors (Lipinski definition) is 3. The highest BCUT2D eigenvalue weighted by Gasteiger charge is 2.25. The third-order valence-corrected chi connectivity index (χ3v) is 4.72. The zero-order valence-corrected chi connectivity index (χ0v) is 11.8. The molecule has 0 bridgehead atoms. The molecular formula is C14H29N3. The van der Waals surface area contributed by atoms with Gasteiger partial charge >= 0.3 is 0 Å². The Hall–Kier alpha value is -0.120. The minimum atomic E-state index is 0.747. The lowest BCUT2D eigenvalue weighted by molar-refractivity contribution is 0.166. The number of likely N-dealkylation sites (tertiary alicyclic amines) is 2. The summed E-state index contributed by atoms with van der Waals surface area (Å²) in [7, 11) is 2.25. The second-order valence-electron chi connectivity index (χ2n) is 6.01. The van der Waals surface area contributed by atoms with Crippen molar-refractivity contribution in [2.45, 2.75) is 45.2 Å². The number of piperidine rings is 1. The van der Waals surface area contributed by atoms with Crippen LogP contribution < -0.4 is 5.32 Å². The van der Waals surface area contributed by atoms with E-state index in [0.717, 1.165) is 18.0 Å². The molecule has 17 heavy (non-hydrogen) atoms. The van der Waals surface area contributed by atoms with E-state index in [1.54, 1.807) is 0 Å². The molecule has 0 radical (unpaired) electrons. The summed E-state index contributed by atoms with van der Waals surface area (Å²) < 4.78 is 0. The molecule has 0 aromatic carbocycles. The van der Waals surface area contributed by atoms with Gasteiger partial charge in [-0.15, -0.1) is 0 Å². The second kappa shape index (κ2) is 6.17. The van der Waals surface area contributed by atoms with Crippen molar-refractivity contribution in [1.29, 1.82) is 0 Å². The minimum absolute atomic E-state index is 0.747. The van der Waals surface area contributed by atoms with E-state index in [9.17, 15) is 0 Å². The van der Waals surface area contributed by atoms with Gasteiger partial charge < -0.3 is 15.1 Å². The largest absolute Gasteiger partial charge is 0.314 e. The van der Waals surface area contributed by atoms with Crippen LogP contribution >= 0.6 is 0 Å². The molecule has 1 N–H and O–H groups in total. The van der Waals surface area contributed by atoms with E-state index in [0.29, 0.717) is 0 Å². The maximum atomic E-state index is 3.81. The van der Waals surface area contributed by atoms with Crippen LogP contribution in [0.1, 0.15) is 33.1 Å². The summed E-state index contributed by atoms with van der Waals surface area (Å²) in [6.45, 7) is 11.0. The van der Waals surface area contributed by atoms with Crippen molar-refractivity contribution in [2.75, 3.05) is 39.8 Å². The standard InChI is InChI=1S/C14H29N3/c1-4-17-8-5-13(11-17)10-15-14-6-7-16(3)12(2)9-14/h12-15H,4-11H2,1-3H3. The maximum absolute atomic E-state index is 3.81. The Labute approximate surface area is 107 Å². The van der Waals surface area contributed by atoms with Gasteiger partial charge in [-0.3, -0.25) is 0 Å². The Morgan fingerprint density at radius 1 is 1.24 bits per heavy atom. The maximum Gasteiger partial charge on any atom is 0.00941 e. The summed E-state index contributed by atoms with van der Waals surface area (Å²) in [5.41, 5.74) is 0. The first-order valence-corrected chi connectivity index (χ1v) is 7.35. The van der Waals surface area contributed by atoms with Crippen molar-refractivity contribution in [1.82, 2.24) is 15.1 Å². The zero-order chi connectivity index (χ0) is 12.3. The van der Waals surface area contributed by atoms with E-state index in [1.165, 1.54) is 52.0 Å². The summed E-state index contributed by atoms with van der Waals surface area (Å²) in [5, 5.41) is 3.81. The molecule has 2 rings (SSSR count). The fourth-order valence-electron chi connectivity index (χ4n) is 3.17. The molecule has 0 aliphatic carbocycles. The van der Waals surface area contributed by atoms with Crippen molar-refractivity contribution in [3.63, 3.8) is 0 Å². The van der Waals surface area contributed by atoms with Crippen molar-refractivity contribution < 1.29 is 0 Å². The Morgan fingerprint density at radius 2 is 2.06 bits per heavy atom. The van der Waals surface area contributed by atoms with E-state index in [-0.39, 0.29) is 0 Å². The number of nitrogens with one attached hydrogen (secondary N) is 1. The van der Waals surface area contributed by atoms with E-state index >= 15 is 0 Å². The van der Waals surface area contributed by atoms with Gasteiger partial charge in [0, 0.05) is 18.6 Å². The second-order valence-corrected chi connectivity index (χ2v) is 6.01. The summed E-state index contributed by atoms with van der Waals surface area (Å²) in [6, 6.07) is 1.51. The molecule has 2 fully saturated rings. The summed E-state index contributed by atoms with van der Waals surface area (Å²) in [4.78, 5) is 5.05. The topological polar surface area (TPSA) is 18.5 Å². The third-order valence-electron chi connectivity index (χ3n) is 4.72. The predicted molar refractivity (Wildman–Crippen MR) is 73.3 cm³/mol. The molecule has 3 atom stereocenters. The first-order valence-electron chi connectivity index (χ1n) is 7.35. The lowest BCUT2D eigenvalue weighted by Crippen LogP contribution is -2.46. The normalized spacial score (nSPS) is 36.5. The molecule has 2 heterocycles. The smallest absolute Gasteiger partial charge is 0.00941 e. The summed E-state index contributed by atoms with van der Waals surface area (Å²) in [6.07, 6.45) is 4.04. The van der Waals surface area contributed by atoms with Gasteiger partial charge in [-0.2, -0.15) is 0 Å². The van der Waals surface area contributed by atoms with Crippen molar-refractivity contribution in [2.24, 2.45) is 5.92 Å². The number of hydrogen-bond donors (Lipinski definition) is 1. The molecule has 3 heteroatoms. The highest BCUT2D eigenvalue weighted by atomic mass is 15.2. The molecule has 2 saturated heterocycles. The lowest BCUT2D eigenvalue weighted by Gasteiger charge is -2.35. The third kappa shape index (κ3) is 3.67. The molecule has 3 nitrogen and oxygen atoms in total. The van der Waals surface area contributed by atoms with Crippen LogP contribution in [0.4, 0.5) is 0 Å². The predicted octanol–water partition coefficient (Wildman–Crippen LogP) is 1.40. The van der Waals surface area contributed by atoms with Crippen molar-refractivity contribution in [3.8, 4) is 0 Å². The molecule has 2 aliphatic rings. The minimum Gasteiger partial charge on any atom is -0.314 e. The first kappa shape index (κ1) is 13.3. The molecule has 0 amide bonds. The molecule has 0 aromatic rings. The number of nitrogens with zero attached hydrogens (tertiary/aromatic N) is 2. The van der Waals surface area contributed by atoms with Gasteiger partial charge in [0.1, 0.15) is 0 Å². The highest BCUT2D eigenvalue weighted by Crippen LogP contribution is 2.18. The van der Waals surface area contributed by atoms with Gasteiger partial charge in [0.05, 0.1) is 0 Å². The van der Waals surface area contributed by atoms with E-state index in [1.807, 2.05) is 0 Å². The van der Waals surface area contributed by atoms with Gasteiger partial charge in [0.25, 0.3) is 0 Å². The fraction of sp³-hybridized carbons (Fsp3) is 1.00. The van der Waals surface area contributed by atoms with Gasteiger partial charge in [0.15, 0.2) is 0 Å². The monoisotopic (exact) mass is 239 g/mol. The average molecular weight is 239 g/mol. The molecule has 0 saturated carbocycles. The fourth-order valence-corrected chi connectivity index (χ4v) is 3.17. The van der Waals surface area contributed by atoms with Gasteiger partial charge in [-0.1, -0.05) is 6.92 Å². The molecular weight excluding hydrogens is 210 g/mol. The van der Waals surface area contributed by atoms with Crippen LogP contribution in [-0.2, 0) is 0 Å². The van der Waals surface area contributed by atoms with E-state index in [2.05, 4.69) is 36.0 Å². The van der Waals surface area contributed by atoms with Crippen LogP contribution in [0, 0.1) is 5.92 Å². The quantitative estimate of drug-likeness (QED) is 0.800. The Morgan fingerprint density at radius 3 is 2.71 bits per heavy atom. The Kier molecular flexibility index (Phi) is 4.83. The SMILES string of the molecule is CCN1CCC(CNC2CCN(C)C(C)C2)C1. The van der Waals surface area contributed by atoms with Crippen LogP contribution in [-0.4, -0.2) is 61.7 Å². The molecule has 100 valence electrons. The molecule has 0 aromatic heterocycles. The Balaban J connectivity index is 1.65. The first-order chi connectivity index (χ1) is 8.19. The zero-order valence-electron chi connectivity index (χ0n) is 11.8. The Bertz CT molecular complexity index is 232. The van der Waals surface area contributed by atoms with E-state index < -0.39 is 0 Å². The lowest BCUT2D eigenvalue weighted by atomic mass is 9.98. The summed E-state index contributed by atoms with van der Waals surface area (Å²) >= 11 is 0. The van der Waals surface area contributed by atoms with Crippen LogP contribution in [0.2, 0.25) is 0 Å². The summed E-state index contributed by atoms with van der Waals surface area (Å²) in [5.74, 6) is 0.893. The molecule has 2 aliphatic heterocycles. The van der Waals surface area contributed by atoms with Gasteiger partial charge in [-0.25, -0.2) is 0 Å². The molecule has 0 spiro atoms. The van der Waals surface area contributed by atoms with Gasteiger partial charge in [0.2, 0.25) is 0 Å². The molecule has 3 unspecified atom stereocenters. The van der Waals surface area contributed by atoms with Gasteiger partial charge in [-0.05, 0) is 65.3 Å².